The standard InChI is InChI=1S/C12H16FN3O.2ClH/c1-8-6-9(2-5-15-8)16-12(17)10-3-4-14-7-11(10)13;;/h3-4,7-9,15H,2,5-6H2,1H3,(H,16,17);2*1H. The Hall–Kier alpha value is -0.910. The zero-order chi connectivity index (χ0) is 12.3. The van der Waals surface area contributed by atoms with E-state index < -0.39 is 5.82 Å². The molecule has 19 heavy (non-hydrogen) atoms. The smallest absolute Gasteiger partial charge is 0.254 e. The molecule has 2 unspecified atom stereocenters. The topological polar surface area (TPSA) is 54.0 Å². The second kappa shape index (κ2) is 8.30. The fourth-order valence-corrected chi connectivity index (χ4v) is 2.09. The van der Waals surface area contributed by atoms with Gasteiger partial charge in [0.15, 0.2) is 5.82 Å². The zero-order valence-corrected chi connectivity index (χ0v) is 12.2. The average molecular weight is 310 g/mol. The van der Waals surface area contributed by atoms with Gasteiger partial charge < -0.3 is 10.6 Å². The highest BCUT2D eigenvalue weighted by atomic mass is 35.5. The molecule has 1 aromatic heterocycles. The van der Waals surface area contributed by atoms with Crippen LogP contribution in [0.3, 0.4) is 0 Å². The molecule has 7 heteroatoms. The highest BCUT2D eigenvalue weighted by Crippen LogP contribution is 2.10. The van der Waals surface area contributed by atoms with Crippen LogP contribution in [0, 0.1) is 5.82 Å². The van der Waals surface area contributed by atoms with Gasteiger partial charge >= 0.3 is 0 Å². The Balaban J connectivity index is 0.00000162. The summed E-state index contributed by atoms with van der Waals surface area (Å²) in [6, 6.07) is 1.90. The van der Waals surface area contributed by atoms with Crippen molar-refractivity contribution in [1.82, 2.24) is 15.6 Å². The third-order valence-corrected chi connectivity index (χ3v) is 2.98. The van der Waals surface area contributed by atoms with E-state index in [0.29, 0.717) is 6.04 Å². The molecule has 2 atom stereocenters. The third-order valence-electron chi connectivity index (χ3n) is 2.98. The summed E-state index contributed by atoms with van der Waals surface area (Å²) in [4.78, 5) is 15.5. The fourth-order valence-electron chi connectivity index (χ4n) is 2.09. The van der Waals surface area contributed by atoms with Crippen molar-refractivity contribution >= 4 is 30.7 Å². The van der Waals surface area contributed by atoms with Gasteiger partial charge in [0.2, 0.25) is 0 Å². The lowest BCUT2D eigenvalue weighted by Crippen LogP contribution is -2.46. The second-order valence-corrected chi connectivity index (χ2v) is 4.41. The number of aromatic nitrogens is 1. The summed E-state index contributed by atoms with van der Waals surface area (Å²) < 4.78 is 13.3. The number of rotatable bonds is 2. The van der Waals surface area contributed by atoms with E-state index in [4.69, 9.17) is 0 Å². The van der Waals surface area contributed by atoms with E-state index in [1.165, 1.54) is 12.3 Å². The van der Waals surface area contributed by atoms with E-state index in [-0.39, 0.29) is 42.3 Å². The highest BCUT2D eigenvalue weighted by Gasteiger charge is 2.21. The van der Waals surface area contributed by atoms with E-state index in [9.17, 15) is 9.18 Å². The zero-order valence-electron chi connectivity index (χ0n) is 10.6. The molecule has 108 valence electrons. The number of nitrogens with zero attached hydrogens (tertiary/aromatic N) is 1. The van der Waals surface area contributed by atoms with Crippen molar-refractivity contribution in [3.8, 4) is 0 Å². The minimum atomic E-state index is -0.577. The van der Waals surface area contributed by atoms with Crippen LogP contribution in [0.25, 0.3) is 0 Å². The molecule has 0 spiro atoms. The van der Waals surface area contributed by atoms with Crippen LogP contribution >= 0.6 is 24.8 Å². The molecule has 1 aliphatic heterocycles. The van der Waals surface area contributed by atoms with Gasteiger partial charge in [-0.05, 0) is 32.4 Å². The lowest BCUT2D eigenvalue weighted by Gasteiger charge is -2.28. The minimum absolute atomic E-state index is 0. The molecule has 0 saturated carbocycles. The summed E-state index contributed by atoms with van der Waals surface area (Å²) >= 11 is 0. The summed E-state index contributed by atoms with van der Waals surface area (Å²) in [6.07, 6.45) is 4.23. The summed E-state index contributed by atoms with van der Waals surface area (Å²) in [5.74, 6) is -0.934. The van der Waals surface area contributed by atoms with Gasteiger partial charge in [-0.25, -0.2) is 4.39 Å². The van der Waals surface area contributed by atoms with Gasteiger partial charge in [-0.2, -0.15) is 0 Å². The van der Waals surface area contributed by atoms with Gasteiger partial charge in [0.1, 0.15) is 0 Å². The maximum atomic E-state index is 13.3. The van der Waals surface area contributed by atoms with Crippen LogP contribution in [0.15, 0.2) is 18.5 Å². The number of pyridine rings is 1. The molecule has 2 heterocycles. The normalized spacial score (nSPS) is 21.8. The molecule has 2 rings (SSSR count). The summed E-state index contributed by atoms with van der Waals surface area (Å²) in [5.41, 5.74) is 0.0613. The Morgan fingerprint density at radius 2 is 2.26 bits per heavy atom. The first-order chi connectivity index (χ1) is 8.16. The molecule has 0 aliphatic carbocycles. The molecule has 1 fully saturated rings. The Bertz CT molecular complexity index is 420. The lowest BCUT2D eigenvalue weighted by molar-refractivity contribution is 0.0921. The molecule has 2 N–H and O–H groups in total. The third kappa shape index (κ3) is 4.93. The first kappa shape index (κ1) is 18.1. The molecular formula is C12H18Cl2FN3O. The van der Waals surface area contributed by atoms with Crippen molar-refractivity contribution in [3.05, 3.63) is 29.8 Å². The van der Waals surface area contributed by atoms with Gasteiger partial charge in [-0.3, -0.25) is 9.78 Å². The highest BCUT2D eigenvalue weighted by molar-refractivity contribution is 5.94. The first-order valence-corrected chi connectivity index (χ1v) is 5.80. The predicted molar refractivity (Wildman–Crippen MR) is 76.6 cm³/mol. The lowest BCUT2D eigenvalue weighted by atomic mass is 10.0. The number of carbonyl (C=O) groups is 1. The van der Waals surface area contributed by atoms with E-state index in [2.05, 4.69) is 22.5 Å². The largest absolute Gasteiger partial charge is 0.349 e. The summed E-state index contributed by atoms with van der Waals surface area (Å²) in [6.45, 7) is 2.95. The molecule has 1 amide bonds. The second-order valence-electron chi connectivity index (χ2n) is 4.41. The van der Waals surface area contributed by atoms with Gasteiger partial charge in [0, 0.05) is 18.3 Å². The Kier molecular flexibility index (Phi) is 7.90. The number of nitrogens with one attached hydrogen (secondary N) is 2. The number of hydrogen-bond donors (Lipinski definition) is 2. The van der Waals surface area contributed by atoms with Crippen LogP contribution in [0.1, 0.15) is 30.1 Å². The molecule has 0 radical (unpaired) electrons. The SMILES string of the molecule is CC1CC(NC(=O)c2ccncc2F)CCN1.Cl.Cl. The number of hydrogen-bond acceptors (Lipinski definition) is 3. The van der Waals surface area contributed by atoms with Crippen LogP contribution in [0.2, 0.25) is 0 Å². The number of piperidine rings is 1. The van der Waals surface area contributed by atoms with E-state index in [0.717, 1.165) is 25.6 Å². The monoisotopic (exact) mass is 309 g/mol. The first-order valence-electron chi connectivity index (χ1n) is 5.80. The maximum absolute atomic E-state index is 13.3. The van der Waals surface area contributed by atoms with Crippen molar-refractivity contribution < 1.29 is 9.18 Å². The summed E-state index contributed by atoms with van der Waals surface area (Å²) in [5, 5.41) is 6.16. The van der Waals surface area contributed by atoms with E-state index in [1.807, 2.05) is 0 Å². The Morgan fingerprint density at radius 3 is 2.89 bits per heavy atom. The number of halogens is 3. The van der Waals surface area contributed by atoms with Crippen LogP contribution in [0.5, 0.6) is 0 Å². The van der Waals surface area contributed by atoms with Crippen molar-refractivity contribution in [1.29, 1.82) is 0 Å². The molecular weight excluding hydrogens is 292 g/mol. The van der Waals surface area contributed by atoms with Crippen molar-refractivity contribution in [2.75, 3.05) is 6.54 Å². The van der Waals surface area contributed by atoms with Gasteiger partial charge in [-0.15, -0.1) is 24.8 Å². The number of carbonyl (C=O) groups excluding carboxylic acids is 1. The maximum Gasteiger partial charge on any atom is 0.254 e. The number of amides is 1. The molecule has 0 aromatic carbocycles. The Labute approximate surface area is 124 Å². The average Bonchev–Trinajstić information content (AvgIpc) is 2.29. The van der Waals surface area contributed by atoms with Crippen LogP contribution < -0.4 is 10.6 Å². The van der Waals surface area contributed by atoms with Crippen molar-refractivity contribution in [3.63, 3.8) is 0 Å². The van der Waals surface area contributed by atoms with Crippen LogP contribution in [0.4, 0.5) is 4.39 Å². The van der Waals surface area contributed by atoms with Crippen molar-refractivity contribution in [2.45, 2.75) is 31.8 Å². The van der Waals surface area contributed by atoms with Gasteiger partial charge in [-0.1, -0.05) is 0 Å². The quantitative estimate of drug-likeness (QED) is 0.878. The Morgan fingerprint density at radius 1 is 1.53 bits per heavy atom. The van der Waals surface area contributed by atoms with E-state index in [1.54, 1.807) is 0 Å². The van der Waals surface area contributed by atoms with Crippen molar-refractivity contribution in [2.24, 2.45) is 0 Å². The van der Waals surface area contributed by atoms with Gasteiger partial charge in [0.05, 0.1) is 11.8 Å². The van der Waals surface area contributed by atoms with Crippen LogP contribution in [-0.2, 0) is 0 Å². The van der Waals surface area contributed by atoms with E-state index >= 15 is 0 Å². The fraction of sp³-hybridized carbons (Fsp3) is 0.500. The molecule has 0 bridgehead atoms. The molecule has 1 aromatic rings. The minimum Gasteiger partial charge on any atom is -0.349 e. The van der Waals surface area contributed by atoms with Crippen LogP contribution in [-0.4, -0.2) is 29.5 Å². The van der Waals surface area contributed by atoms with Gasteiger partial charge in [0.25, 0.3) is 5.91 Å². The predicted octanol–water partition coefficient (Wildman–Crippen LogP) is 1.93. The molecule has 1 saturated heterocycles. The molecule has 4 nitrogen and oxygen atoms in total. The molecule has 1 aliphatic rings. The summed E-state index contributed by atoms with van der Waals surface area (Å²) in [7, 11) is 0.